The fraction of sp³-hybridized carbons (Fsp3) is 0.286. The number of carbonyl (C=O) groups excluding carboxylic acids is 2. The van der Waals surface area contributed by atoms with Gasteiger partial charge in [-0.3, -0.25) is 4.79 Å². The summed E-state index contributed by atoms with van der Waals surface area (Å²) in [4.78, 5) is 23.5. The van der Waals surface area contributed by atoms with E-state index in [1.54, 1.807) is 19.1 Å². The van der Waals surface area contributed by atoms with Crippen molar-refractivity contribution in [2.45, 2.75) is 6.92 Å². The van der Waals surface area contributed by atoms with Gasteiger partial charge in [0.25, 0.3) is 0 Å². The Kier molecular flexibility index (Phi) is 5.80. The van der Waals surface area contributed by atoms with E-state index in [-0.39, 0.29) is 24.6 Å². The van der Waals surface area contributed by atoms with Crippen molar-refractivity contribution in [2.75, 3.05) is 20.3 Å². The van der Waals surface area contributed by atoms with Crippen molar-refractivity contribution in [2.24, 2.45) is 0 Å². The third-order valence-corrected chi connectivity index (χ3v) is 2.18. The molecule has 0 amide bonds. The van der Waals surface area contributed by atoms with E-state index in [4.69, 9.17) is 9.47 Å². The molecule has 0 aromatic heterocycles. The molecule has 0 radical (unpaired) electrons. The third kappa shape index (κ3) is 4.14. The Morgan fingerprint density at radius 2 is 1.89 bits per heavy atom. The average Bonchev–Trinajstić information content (AvgIpc) is 2.37. The minimum absolute atomic E-state index is 0.00454. The Hall–Kier alpha value is -1.94. The topological polar surface area (TPSA) is 52.6 Å². The van der Waals surface area contributed by atoms with E-state index in [1.807, 2.05) is 18.2 Å². The van der Waals surface area contributed by atoms with E-state index < -0.39 is 5.97 Å². The molecule has 0 unspecified atom stereocenters. The van der Waals surface area contributed by atoms with Crippen molar-refractivity contribution in [3.63, 3.8) is 0 Å². The molecule has 0 bridgehead atoms. The van der Waals surface area contributed by atoms with Crippen LogP contribution in [0.25, 0.3) is 6.08 Å². The first-order valence-corrected chi connectivity index (χ1v) is 5.65. The quantitative estimate of drug-likeness (QED) is 0.333. The van der Waals surface area contributed by atoms with Gasteiger partial charge in [0.05, 0.1) is 6.61 Å². The monoisotopic (exact) mass is 248 g/mol. The standard InChI is InChI=1S/C14H16O4/c1-3-18-14(16)12(13(15)10-17-2)9-11-7-5-4-6-8-11/h4-9H,3,10H2,1-2H3. The summed E-state index contributed by atoms with van der Waals surface area (Å²) in [5, 5.41) is 0. The first-order chi connectivity index (χ1) is 8.69. The number of benzene rings is 1. The first kappa shape index (κ1) is 14.1. The smallest absolute Gasteiger partial charge is 0.341 e. The normalized spacial score (nSPS) is 11.1. The second-order valence-corrected chi connectivity index (χ2v) is 3.55. The van der Waals surface area contributed by atoms with Gasteiger partial charge in [-0.25, -0.2) is 4.79 Å². The van der Waals surface area contributed by atoms with Gasteiger partial charge in [-0.1, -0.05) is 30.3 Å². The van der Waals surface area contributed by atoms with E-state index in [9.17, 15) is 9.59 Å². The Labute approximate surface area is 106 Å². The van der Waals surface area contributed by atoms with Gasteiger partial charge in [0.2, 0.25) is 0 Å². The lowest BCUT2D eigenvalue weighted by molar-refractivity contribution is -0.140. The molecule has 96 valence electrons. The lowest BCUT2D eigenvalue weighted by Gasteiger charge is -2.05. The summed E-state index contributed by atoms with van der Waals surface area (Å²) in [7, 11) is 1.41. The molecule has 0 fully saturated rings. The van der Waals surface area contributed by atoms with Gasteiger partial charge < -0.3 is 9.47 Å². The molecule has 0 N–H and O–H groups in total. The van der Waals surface area contributed by atoms with Gasteiger partial charge >= 0.3 is 5.97 Å². The molecule has 0 saturated carbocycles. The molecule has 0 atom stereocenters. The summed E-state index contributed by atoms with van der Waals surface area (Å²) in [6, 6.07) is 9.13. The zero-order valence-electron chi connectivity index (χ0n) is 10.5. The summed E-state index contributed by atoms with van der Waals surface area (Å²) in [6.45, 7) is 1.78. The fourth-order valence-corrected chi connectivity index (χ4v) is 1.39. The Bertz CT molecular complexity index is 414. The maximum atomic E-state index is 11.8. The third-order valence-electron chi connectivity index (χ3n) is 2.18. The second kappa shape index (κ2) is 7.40. The summed E-state index contributed by atoms with van der Waals surface area (Å²) < 4.78 is 9.61. The molecule has 1 rings (SSSR count). The molecule has 0 aliphatic rings. The Morgan fingerprint density at radius 1 is 1.22 bits per heavy atom. The number of ketones is 1. The maximum absolute atomic E-state index is 11.8. The van der Waals surface area contributed by atoms with Crippen molar-refractivity contribution in [1.29, 1.82) is 0 Å². The Balaban J connectivity index is 3.00. The highest BCUT2D eigenvalue weighted by atomic mass is 16.5. The van der Waals surface area contributed by atoms with Crippen molar-refractivity contribution < 1.29 is 19.1 Å². The molecular weight excluding hydrogens is 232 g/mol. The molecule has 0 saturated heterocycles. The summed E-state index contributed by atoms with van der Waals surface area (Å²) in [6.07, 6.45) is 1.51. The van der Waals surface area contributed by atoms with Crippen molar-refractivity contribution >= 4 is 17.8 Å². The SMILES string of the molecule is CCOC(=O)C(=Cc1ccccc1)C(=O)COC. The van der Waals surface area contributed by atoms with Crippen LogP contribution in [0.2, 0.25) is 0 Å². The van der Waals surface area contributed by atoms with Gasteiger partial charge in [-0.05, 0) is 18.6 Å². The van der Waals surface area contributed by atoms with Crippen LogP contribution in [0.15, 0.2) is 35.9 Å². The number of hydrogen-bond acceptors (Lipinski definition) is 4. The number of hydrogen-bond donors (Lipinski definition) is 0. The van der Waals surface area contributed by atoms with Crippen LogP contribution in [0.4, 0.5) is 0 Å². The maximum Gasteiger partial charge on any atom is 0.341 e. The predicted octanol–water partition coefficient (Wildman–Crippen LogP) is 1.85. The van der Waals surface area contributed by atoms with Crippen molar-refractivity contribution in [3.8, 4) is 0 Å². The van der Waals surface area contributed by atoms with Crippen LogP contribution in [0.1, 0.15) is 12.5 Å². The van der Waals surface area contributed by atoms with E-state index >= 15 is 0 Å². The van der Waals surface area contributed by atoms with E-state index in [0.29, 0.717) is 0 Å². The van der Waals surface area contributed by atoms with Crippen LogP contribution in [0.3, 0.4) is 0 Å². The molecule has 18 heavy (non-hydrogen) atoms. The minimum Gasteiger partial charge on any atom is -0.462 e. The highest BCUT2D eigenvalue weighted by molar-refractivity contribution is 6.21. The van der Waals surface area contributed by atoms with Crippen molar-refractivity contribution in [3.05, 3.63) is 41.5 Å². The van der Waals surface area contributed by atoms with Gasteiger partial charge in [0.1, 0.15) is 12.2 Å². The molecule has 4 heteroatoms. The van der Waals surface area contributed by atoms with Crippen molar-refractivity contribution in [1.82, 2.24) is 0 Å². The van der Waals surface area contributed by atoms with E-state index in [1.165, 1.54) is 13.2 Å². The average molecular weight is 248 g/mol. The molecule has 0 aliphatic heterocycles. The molecule has 4 nitrogen and oxygen atoms in total. The molecule has 0 heterocycles. The zero-order valence-corrected chi connectivity index (χ0v) is 10.5. The number of carbonyl (C=O) groups is 2. The molecule has 1 aromatic rings. The number of rotatable bonds is 6. The Morgan fingerprint density at radius 3 is 2.44 bits per heavy atom. The van der Waals surface area contributed by atoms with Crippen LogP contribution < -0.4 is 0 Å². The highest BCUT2D eigenvalue weighted by Gasteiger charge is 2.19. The first-order valence-electron chi connectivity index (χ1n) is 5.65. The van der Waals surface area contributed by atoms with Crippen LogP contribution in [0, 0.1) is 0 Å². The van der Waals surface area contributed by atoms with Gasteiger partial charge in [0.15, 0.2) is 5.78 Å². The van der Waals surface area contributed by atoms with Crippen LogP contribution in [0.5, 0.6) is 0 Å². The number of ether oxygens (including phenoxy) is 2. The number of methoxy groups -OCH3 is 1. The number of Topliss-reactive ketones (excluding diaryl/α,β-unsaturated/α-hetero) is 1. The largest absolute Gasteiger partial charge is 0.462 e. The van der Waals surface area contributed by atoms with Gasteiger partial charge in [-0.2, -0.15) is 0 Å². The predicted molar refractivity (Wildman–Crippen MR) is 67.9 cm³/mol. The van der Waals surface area contributed by atoms with Crippen LogP contribution >= 0.6 is 0 Å². The second-order valence-electron chi connectivity index (χ2n) is 3.55. The summed E-state index contributed by atoms with van der Waals surface area (Å²) >= 11 is 0. The lowest BCUT2D eigenvalue weighted by atomic mass is 10.1. The fourth-order valence-electron chi connectivity index (χ4n) is 1.39. The summed E-state index contributed by atoms with van der Waals surface area (Å²) in [5.74, 6) is -1.01. The van der Waals surface area contributed by atoms with Gasteiger partial charge in [-0.15, -0.1) is 0 Å². The van der Waals surface area contributed by atoms with E-state index in [0.717, 1.165) is 5.56 Å². The molecule has 0 aliphatic carbocycles. The number of esters is 1. The molecular formula is C14H16O4. The van der Waals surface area contributed by atoms with Gasteiger partial charge in [0, 0.05) is 7.11 Å². The lowest BCUT2D eigenvalue weighted by Crippen LogP contribution is -2.19. The molecule has 1 aromatic carbocycles. The summed E-state index contributed by atoms with van der Waals surface area (Å²) in [5.41, 5.74) is 0.773. The van der Waals surface area contributed by atoms with E-state index in [2.05, 4.69) is 0 Å². The minimum atomic E-state index is -0.622. The van der Waals surface area contributed by atoms with Crippen LogP contribution in [-0.2, 0) is 19.1 Å². The molecule has 0 spiro atoms. The highest BCUT2D eigenvalue weighted by Crippen LogP contribution is 2.09. The van der Waals surface area contributed by atoms with Crippen LogP contribution in [-0.4, -0.2) is 32.1 Å². The zero-order chi connectivity index (χ0) is 13.4.